The van der Waals surface area contributed by atoms with Gasteiger partial charge in [-0.25, -0.2) is 0 Å². The zero-order valence-corrected chi connectivity index (χ0v) is 30.8. The zero-order chi connectivity index (χ0) is 35.5. The van der Waals surface area contributed by atoms with Gasteiger partial charge in [-0.1, -0.05) is 109 Å². The maximum absolute atomic E-state index is 2.63. The van der Waals surface area contributed by atoms with Gasteiger partial charge in [0.2, 0.25) is 0 Å². The highest BCUT2D eigenvalue weighted by atomic mass is 32.1. The number of benzene rings is 6. The zero-order valence-electron chi connectivity index (χ0n) is 30.0. The summed E-state index contributed by atoms with van der Waals surface area (Å²) in [6.45, 7) is 2.43. The SMILES string of the molecule is CC1(N(c2ccc3c(c2)C2=C4C3=c3ccccc3=CC4CC=C2)c2ccc3c(c2)c2ccccc2n3-c2ccccc2)C=Cc2sc3ccccc3c2C1. The second-order valence-electron chi connectivity index (χ2n) is 15.5. The van der Waals surface area contributed by atoms with Crippen molar-refractivity contribution in [3.05, 3.63) is 195 Å². The second kappa shape index (κ2) is 11.2. The number of para-hydroxylation sites is 2. The molecule has 0 spiro atoms. The monoisotopic (exact) mass is 708 g/mol. The molecule has 54 heavy (non-hydrogen) atoms. The molecule has 0 N–H and O–H groups in total. The van der Waals surface area contributed by atoms with Crippen LogP contribution in [0.25, 0.3) is 60.9 Å². The third-order valence-electron chi connectivity index (χ3n) is 12.3. The van der Waals surface area contributed by atoms with Crippen LogP contribution in [0.3, 0.4) is 0 Å². The molecule has 4 aliphatic carbocycles. The van der Waals surface area contributed by atoms with E-state index in [0.29, 0.717) is 5.92 Å². The van der Waals surface area contributed by atoms with E-state index < -0.39 is 0 Å². The topological polar surface area (TPSA) is 8.17 Å². The van der Waals surface area contributed by atoms with Gasteiger partial charge in [-0.2, -0.15) is 0 Å². The van der Waals surface area contributed by atoms with Crippen LogP contribution in [0.5, 0.6) is 0 Å². The summed E-state index contributed by atoms with van der Waals surface area (Å²) in [5.74, 6) is 0.412. The molecule has 4 aliphatic rings. The Morgan fingerprint density at radius 1 is 0.685 bits per heavy atom. The molecule has 2 aromatic heterocycles. The molecule has 8 aromatic rings. The predicted molar refractivity (Wildman–Crippen MR) is 229 cm³/mol. The smallest absolute Gasteiger partial charge is 0.0649 e. The first-order chi connectivity index (χ1) is 26.6. The minimum absolute atomic E-state index is 0.321. The van der Waals surface area contributed by atoms with Gasteiger partial charge in [-0.15, -0.1) is 11.3 Å². The minimum Gasteiger partial charge on any atom is -0.332 e. The second-order valence-corrected chi connectivity index (χ2v) is 16.5. The number of anilines is 2. The number of aromatic nitrogens is 1. The quantitative estimate of drug-likeness (QED) is 0.177. The summed E-state index contributed by atoms with van der Waals surface area (Å²) in [6.07, 6.45) is 14.1. The van der Waals surface area contributed by atoms with Gasteiger partial charge in [-0.3, -0.25) is 0 Å². The third-order valence-corrected chi connectivity index (χ3v) is 13.5. The first-order valence-corrected chi connectivity index (χ1v) is 19.9. The molecule has 0 aliphatic heterocycles. The number of thiophene rings is 1. The first kappa shape index (κ1) is 30.3. The number of hydrogen-bond donors (Lipinski definition) is 0. The van der Waals surface area contributed by atoms with Gasteiger partial charge < -0.3 is 9.47 Å². The highest BCUT2D eigenvalue weighted by molar-refractivity contribution is 7.20. The van der Waals surface area contributed by atoms with Crippen molar-refractivity contribution < 1.29 is 0 Å². The van der Waals surface area contributed by atoms with Crippen LogP contribution in [0.1, 0.15) is 34.9 Å². The Hall–Kier alpha value is -6.16. The van der Waals surface area contributed by atoms with Crippen molar-refractivity contribution in [1.82, 2.24) is 4.57 Å². The molecule has 0 bridgehead atoms. The number of fused-ring (bicyclic) bond motifs is 10. The molecule has 0 saturated carbocycles. The van der Waals surface area contributed by atoms with Gasteiger partial charge in [-0.05, 0) is 123 Å². The Morgan fingerprint density at radius 3 is 2.37 bits per heavy atom. The van der Waals surface area contributed by atoms with Crippen molar-refractivity contribution in [1.29, 1.82) is 0 Å². The third kappa shape index (κ3) is 4.22. The molecular formula is C51H36N2S. The number of rotatable bonds is 4. The van der Waals surface area contributed by atoms with Gasteiger partial charge >= 0.3 is 0 Å². The number of hydrogen-bond acceptors (Lipinski definition) is 2. The van der Waals surface area contributed by atoms with E-state index in [-0.39, 0.29) is 5.54 Å². The lowest BCUT2D eigenvalue weighted by Crippen LogP contribution is -2.45. The maximum atomic E-state index is 2.63. The Kier molecular flexibility index (Phi) is 6.28. The lowest BCUT2D eigenvalue weighted by molar-refractivity contribution is 0.563. The van der Waals surface area contributed by atoms with Gasteiger partial charge in [0.15, 0.2) is 0 Å². The average Bonchev–Trinajstić information content (AvgIpc) is 3.86. The van der Waals surface area contributed by atoms with E-state index in [1.54, 1.807) is 0 Å². The number of nitrogens with zero attached hydrogens (tertiary/aromatic N) is 2. The van der Waals surface area contributed by atoms with Gasteiger partial charge in [0.25, 0.3) is 0 Å². The molecule has 2 unspecified atom stereocenters. The summed E-state index contributed by atoms with van der Waals surface area (Å²) in [6, 6.07) is 52.0. The van der Waals surface area contributed by atoms with Gasteiger partial charge in [0.1, 0.15) is 0 Å². The molecule has 0 saturated heterocycles. The van der Waals surface area contributed by atoms with Crippen LogP contribution in [0, 0.1) is 5.92 Å². The van der Waals surface area contributed by atoms with Crippen molar-refractivity contribution in [2.24, 2.45) is 5.92 Å². The van der Waals surface area contributed by atoms with E-state index in [1.165, 1.54) is 97.7 Å². The molecule has 2 nitrogen and oxygen atoms in total. The minimum atomic E-state index is -0.321. The van der Waals surface area contributed by atoms with Crippen LogP contribution >= 0.6 is 11.3 Å². The van der Waals surface area contributed by atoms with Crippen LogP contribution in [0.2, 0.25) is 0 Å². The molecule has 6 aromatic carbocycles. The summed E-state index contributed by atoms with van der Waals surface area (Å²) >= 11 is 1.91. The standard InChI is InChI=1S/C51H36N2S/c1-51(27-26-48-44(31-51)39-18-8-10-21-47(39)54-48)53(36-23-25-46-43(30-36)38-17-7-9-20-45(38)52(46)34-14-3-2-4-15-34)35-22-24-41-42(29-35)40-19-11-13-33-28-32-12-5-6-16-37(32)50(41)49(33)40/h2-12,14-30,33H,13,31H2,1H3. The lowest BCUT2D eigenvalue weighted by Gasteiger charge is -2.43. The summed E-state index contributed by atoms with van der Waals surface area (Å²) in [5, 5.41) is 6.63. The molecule has 0 amide bonds. The van der Waals surface area contributed by atoms with E-state index in [0.717, 1.165) is 12.8 Å². The normalized spacial score (nSPS) is 19.2. The van der Waals surface area contributed by atoms with E-state index >= 15 is 0 Å². The largest absolute Gasteiger partial charge is 0.332 e. The fraction of sp³-hybridized carbons (Fsp3) is 0.0980. The molecular weight excluding hydrogens is 673 g/mol. The van der Waals surface area contributed by atoms with E-state index in [1.807, 2.05) is 11.3 Å². The highest BCUT2D eigenvalue weighted by Crippen LogP contribution is 2.51. The van der Waals surface area contributed by atoms with E-state index in [9.17, 15) is 0 Å². The Balaban J connectivity index is 1.10. The highest BCUT2D eigenvalue weighted by Gasteiger charge is 2.38. The fourth-order valence-electron chi connectivity index (χ4n) is 10.0. The van der Waals surface area contributed by atoms with Crippen molar-refractivity contribution in [2.45, 2.75) is 25.3 Å². The molecule has 3 heteroatoms. The Morgan fingerprint density at radius 2 is 1.44 bits per heavy atom. The molecule has 2 heterocycles. The maximum Gasteiger partial charge on any atom is 0.0649 e. The lowest BCUT2D eigenvalue weighted by atomic mass is 9.81. The fourth-order valence-corrected chi connectivity index (χ4v) is 11.2. The predicted octanol–water partition coefficient (Wildman–Crippen LogP) is 11.5. The summed E-state index contributed by atoms with van der Waals surface area (Å²) < 4.78 is 3.77. The molecule has 0 radical (unpaired) electrons. The molecule has 12 rings (SSSR count). The van der Waals surface area contributed by atoms with Crippen molar-refractivity contribution in [2.75, 3.05) is 4.90 Å². The molecule has 2 atom stereocenters. The van der Waals surface area contributed by atoms with E-state index in [4.69, 9.17) is 0 Å². The van der Waals surface area contributed by atoms with Crippen LogP contribution in [0.4, 0.5) is 11.4 Å². The average molecular weight is 709 g/mol. The van der Waals surface area contributed by atoms with Crippen LogP contribution in [-0.2, 0) is 6.42 Å². The van der Waals surface area contributed by atoms with Crippen molar-refractivity contribution in [3.8, 4) is 5.69 Å². The Bertz CT molecular complexity index is 3130. The van der Waals surface area contributed by atoms with Crippen molar-refractivity contribution in [3.63, 3.8) is 0 Å². The van der Waals surface area contributed by atoms with Crippen LogP contribution < -0.4 is 15.3 Å². The van der Waals surface area contributed by atoms with Crippen LogP contribution in [-0.4, -0.2) is 10.1 Å². The van der Waals surface area contributed by atoms with Crippen LogP contribution in [0.15, 0.2) is 163 Å². The van der Waals surface area contributed by atoms with E-state index in [2.05, 4.69) is 186 Å². The number of allylic oxidation sites excluding steroid dienone is 4. The molecule has 256 valence electrons. The first-order valence-electron chi connectivity index (χ1n) is 19.1. The Labute approximate surface area is 318 Å². The van der Waals surface area contributed by atoms with Gasteiger partial charge in [0, 0.05) is 49.8 Å². The summed E-state index contributed by atoms with van der Waals surface area (Å²) in [7, 11) is 0. The van der Waals surface area contributed by atoms with Crippen molar-refractivity contribution >= 4 is 77.9 Å². The summed E-state index contributed by atoms with van der Waals surface area (Å²) in [4.78, 5) is 4.01. The summed E-state index contributed by atoms with van der Waals surface area (Å²) in [5.41, 5.74) is 14.2. The molecule has 0 fully saturated rings. The van der Waals surface area contributed by atoms with Gasteiger partial charge in [0.05, 0.1) is 16.6 Å².